The highest BCUT2D eigenvalue weighted by atomic mass is 16.5. The second-order valence-corrected chi connectivity index (χ2v) is 5.48. The first-order valence-corrected chi connectivity index (χ1v) is 7.95. The van der Waals surface area contributed by atoms with E-state index in [4.69, 9.17) is 9.84 Å². The summed E-state index contributed by atoms with van der Waals surface area (Å²) in [5, 5.41) is 8.48. The standard InChI is InChI=1S/C17H24N2O5/c1-3-12(2)13-7-4-5-8-14(13)24-11-16(21)19-18-15(20)9-6-10-17(22)23/h4-5,7-8,12H,3,6,9-11H2,1-2H3,(H,18,20)(H,19,21)(H,22,23). The molecule has 7 nitrogen and oxygen atoms in total. The quantitative estimate of drug-likeness (QED) is 0.598. The number of carboxylic acid groups (broad SMARTS) is 1. The SMILES string of the molecule is CCC(C)c1ccccc1OCC(=O)NNC(=O)CCCC(=O)O. The van der Waals surface area contributed by atoms with Gasteiger partial charge in [0.05, 0.1) is 0 Å². The Balaban J connectivity index is 2.36. The third-order valence-corrected chi connectivity index (χ3v) is 3.56. The van der Waals surface area contributed by atoms with Gasteiger partial charge in [-0.1, -0.05) is 32.0 Å². The number of para-hydroxylation sites is 1. The molecule has 24 heavy (non-hydrogen) atoms. The molecule has 0 spiro atoms. The van der Waals surface area contributed by atoms with E-state index in [1.807, 2.05) is 18.2 Å². The molecule has 1 rings (SSSR count). The van der Waals surface area contributed by atoms with E-state index in [2.05, 4.69) is 24.7 Å². The molecule has 1 atom stereocenters. The molecule has 0 saturated carbocycles. The second-order valence-electron chi connectivity index (χ2n) is 5.48. The minimum Gasteiger partial charge on any atom is -0.483 e. The zero-order valence-electron chi connectivity index (χ0n) is 14.0. The molecule has 3 N–H and O–H groups in total. The third kappa shape index (κ3) is 7.13. The predicted octanol–water partition coefficient (Wildman–Crippen LogP) is 1.98. The van der Waals surface area contributed by atoms with Crippen molar-refractivity contribution in [1.29, 1.82) is 0 Å². The van der Waals surface area contributed by atoms with Crippen molar-refractivity contribution >= 4 is 17.8 Å². The van der Waals surface area contributed by atoms with Gasteiger partial charge in [-0.2, -0.15) is 0 Å². The van der Waals surface area contributed by atoms with Gasteiger partial charge in [0, 0.05) is 12.8 Å². The van der Waals surface area contributed by atoms with Crippen molar-refractivity contribution in [2.75, 3.05) is 6.61 Å². The molecule has 0 fully saturated rings. The van der Waals surface area contributed by atoms with Gasteiger partial charge in [-0.25, -0.2) is 0 Å². The van der Waals surface area contributed by atoms with Gasteiger partial charge in [-0.05, 0) is 30.4 Å². The summed E-state index contributed by atoms with van der Waals surface area (Å²) in [6, 6.07) is 7.53. The fraction of sp³-hybridized carbons (Fsp3) is 0.471. The maximum Gasteiger partial charge on any atom is 0.303 e. The van der Waals surface area contributed by atoms with E-state index in [9.17, 15) is 14.4 Å². The van der Waals surface area contributed by atoms with Gasteiger partial charge in [0.15, 0.2) is 6.61 Å². The number of hydrogen-bond acceptors (Lipinski definition) is 4. The fourth-order valence-corrected chi connectivity index (χ4v) is 2.02. The summed E-state index contributed by atoms with van der Waals surface area (Å²) in [6.07, 6.45) is 1.12. The number of ether oxygens (including phenoxy) is 1. The van der Waals surface area contributed by atoms with Gasteiger partial charge in [-0.3, -0.25) is 25.2 Å². The van der Waals surface area contributed by atoms with Crippen LogP contribution < -0.4 is 15.6 Å². The summed E-state index contributed by atoms with van der Waals surface area (Å²) in [7, 11) is 0. The van der Waals surface area contributed by atoms with Gasteiger partial charge in [-0.15, -0.1) is 0 Å². The molecule has 7 heteroatoms. The molecule has 2 amide bonds. The lowest BCUT2D eigenvalue weighted by molar-refractivity contribution is -0.137. The Morgan fingerprint density at radius 2 is 1.79 bits per heavy atom. The van der Waals surface area contributed by atoms with E-state index in [1.54, 1.807) is 6.07 Å². The minimum atomic E-state index is -0.958. The molecule has 0 radical (unpaired) electrons. The van der Waals surface area contributed by atoms with Gasteiger partial charge >= 0.3 is 5.97 Å². The Hall–Kier alpha value is -2.57. The number of nitrogens with one attached hydrogen (secondary N) is 2. The van der Waals surface area contributed by atoms with Crippen molar-refractivity contribution < 1.29 is 24.2 Å². The summed E-state index contributed by atoms with van der Waals surface area (Å²) in [6.45, 7) is 3.94. The first kappa shape index (κ1) is 19.5. The second kappa shape index (κ2) is 10.3. The van der Waals surface area contributed by atoms with Crippen LogP contribution in [0.15, 0.2) is 24.3 Å². The van der Waals surface area contributed by atoms with Crippen LogP contribution in [0.5, 0.6) is 5.75 Å². The largest absolute Gasteiger partial charge is 0.483 e. The van der Waals surface area contributed by atoms with Crippen LogP contribution in [-0.2, 0) is 14.4 Å². The van der Waals surface area contributed by atoms with E-state index in [0.29, 0.717) is 11.7 Å². The molecule has 0 heterocycles. The minimum absolute atomic E-state index is 0.0320. The van der Waals surface area contributed by atoms with E-state index < -0.39 is 17.8 Å². The summed E-state index contributed by atoms with van der Waals surface area (Å²) < 4.78 is 5.53. The average Bonchev–Trinajstić information content (AvgIpc) is 2.57. The molecular weight excluding hydrogens is 312 g/mol. The zero-order chi connectivity index (χ0) is 17.9. The van der Waals surface area contributed by atoms with Crippen LogP contribution in [-0.4, -0.2) is 29.5 Å². The Morgan fingerprint density at radius 1 is 1.12 bits per heavy atom. The Labute approximate surface area is 141 Å². The number of carbonyl (C=O) groups is 3. The lowest BCUT2D eigenvalue weighted by Gasteiger charge is -2.15. The molecule has 0 aliphatic rings. The van der Waals surface area contributed by atoms with Crippen LogP contribution in [0.25, 0.3) is 0 Å². The maximum atomic E-state index is 11.7. The Bertz CT molecular complexity index is 574. The van der Waals surface area contributed by atoms with E-state index in [-0.39, 0.29) is 25.9 Å². The number of amides is 2. The summed E-state index contributed by atoms with van der Waals surface area (Å²) in [5.74, 6) is -0.918. The van der Waals surface area contributed by atoms with Crippen LogP contribution in [0.1, 0.15) is 51.0 Å². The molecule has 0 bridgehead atoms. The van der Waals surface area contributed by atoms with Gasteiger partial charge in [0.25, 0.3) is 5.91 Å². The molecule has 1 aromatic carbocycles. The maximum absolute atomic E-state index is 11.7. The van der Waals surface area contributed by atoms with Crippen LogP contribution in [0.3, 0.4) is 0 Å². The molecular formula is C17H24N2O5. The highest BCUT2D eigenvalue weighted by Crippen LogP contribution is 2.28. The molecule has 0 aliphatic heterocycles. The molecule has 0 aliphatic carbocycles. The Kier molecular flexibility index (Phi) is 8.32. The lowest BCUT2D eigenvalue weighted by Crippen LogP contribution is -2.43. The normalized spacial score (nSPS) is 11.4. The monoisotopic (exact) mass is 336 g/mol. The Morgan fingerprint density at radius 3 is 2.46 bits per heavy atom. The zero-order valence-corrected chi connectivity index (χ0v) is 14.0. The number of carboxylic acids is 1. The summed E-state index contributed by atoms with van der Waals surface area (Å²) in [4.78, 5) is 33.5. The number of carbonyl (C=O) groups excluding carboxylic acids is 2. The molecule has 0 aromatic heterocycles. The highest BCUT2D eigenvalue weighted by Gasteiger charge is 2.11. The number of rotatable bonds is 9. The summed E-state index contributed by atoms with van der Waals surface area (Å²) in [5.41, 5.74) is 5.51. The molecule has 0 saturated heterocycles. The van der Waals surface area contributed by atoms with Crippen molar-refractivity contribution in [3.8, 4) is 5.75 Å². The third-order valence-electron chi connectivity index (χ3n) is 3.56. The van der Waals surface area contributed by atoms with E-state index in [1.165, 1.54) is 0 Å². The fourth-order valence-electron chi connectivity index (χ4n) is 2.02. The summed E-state index contributed by atoms with van der Waals surface area (Å²) >= 11 is 0. The first-order valence-electron chi connectivity index (χ1n) is 7.95. The van der Waals surface area contributed by atoms with Crippen LogP contribution >= 0.6 is 0 Å². The van der Waals surface area contributed by atoms with Gasteiger partial charge in [0.1, 0.15) is 5.75 Å². The predicted molar refractivity (Wildman–Crippen MR) is 88.4 cm³/mol. The average molecular weight is 336 g/mol. The van der Waals surface area contributed by atoms with E-state index in [0.717, 1.165) is 12.0 Å². The molecule has 1 unspecified atom stereocenters. The topological polar surface area (TPSA) is 105 Å². The number of hydrazine groups is 1. The van der Waals surface area contributed by atoms with Crippen LogP contribution in [0, 0.1) is 0 Å². The smallest absolute Gasteiger partial charge is 0.303 e. The van der Waals surface area contributed by atoms with Crippen molar-refractivity contribution in [2.24, 2.45) is 0 Å². The van der Waals surface area contributed by atoms with Crippen molar-refractivity contribution in [3.05, 3.63) is 29.8 Å². The first-order chi connectivity index (χ1) is 11.4. The van der Waals surface area contributed by atoms with Crippen molar-refractivity contribution in [1.82, 2.24) is 10.9 Å². The number of hydrogen-bond donors (Lipinski definition) is 3. The molecule has 1 aromatic rings. The number of aliphatic carboxylic acids is 1. The van der Waals surface area contributed by atoms with Crippen LogP contribution in [0.2, 0.25) is 0 Å². The van der Waals surface area contributed by atoms with Crippen molar-refractivity contribution in [2.45, 2.75) is 45.4 Å². The van der Waals surface area contributed by atoms with Crippen molar-refractivity contribution in [3.63, 3.8) is 0 Å². The van der Waals surface area contributed by atoms with Gasteiger partial charge in [0.2, 0.25) is 5.91 Å². The van der Waals surface area contributed by atoms with Gasteiger partial charge < -0.3 is 9.84 Å². The molecule has 132 valence electrons. The number of benzene rings is 1. The van der Waals surface area contributed by atoms with E-state index >= 15 is 0 Å². The highest BCUT2D eigenvalue weighted by molar-refractivity contribution is 5.82. The lowest BCUT2D eigenvalue weighted by atomic mass is 9.98. The van der Waals surface area contributed by atoms with Crippen LogP contribution in [0.4, 0.5) is 0 Å².